The lowest BCUT2D eigenvalue weighted by molar-refractivity contribution is -0.121. The molecule has 0 radical (unpaired) electrons. The first kappa shape index (κ1) is 16.9. The van der Waals surface area contributed by atoms with E-state index in [1.165, 1.54) is 0 Å². The molecule has 2 aromatic carbocycles. The van der Waals surface area contributed by atoms with E-state index in [4.69, 9.17) is 0 Å². The maximum absolute atomic E-state index is 12.5. The van der Waals surface area contributed by atoms with Gasteiger partial charge in [0.2, 0.25) is 5.91 Å². The summed E-state index contributed by atoms with van der Waals surface area (Å²) in [5, 5.41) is 5.36. The molecule has 2 amide bonds. The van der Waals surface area contributed by atoms with Crippen LogP contribution in [0.15, 0.2) is 42.5 Å². The Bertz CT molecular complexity index is 879. The Morgan fingerprint density at radius 2 is 1.56 bits per heavy atom. The van der Waals surface area contributed by atoms with E-state index in [0.29, 0.717) is 16.7 Å². The topological polar surface area (TPSA) is 75.3 Å². The van der Waals surface area contributed by atoms with E-state index in [-0.39, 0.29) is 29.7 Å². The maximum Gasteiger partial charge on any atom is 0.251 e. The third-order valence-corrected chi connectivity index (χ3v) is 3.91. The number of fused-ring (bicyclic) bond motifs is 3. The molecule has 1 aliphatic rings. The quantitative estimate of drug-likeness (QED) is 0.772. The van der Waals surface area contributed by atoms with Gasteiger partial charge in [-0.1, -0.05) is 30.3 Å². The molecule has 0 fully saturated rings. The summed E-state index contributed by atoms with van der Waals surface area (Å²) in [6, 6.07) is 12.4. The summed E-state index contributed by atoms with van der Waals surface area (Å²) in [4.78, 5) is 36.6. The van der Waals surface area contributed by atoms with Gasteiger partial charge in [-0.05, 0) is 44.0 Å². The van der Waals surface area contributed by atoms with Crippen LogP contribution in [0.1, 0.15) is 47.1 Å². The first-order valence-corrected chi connectivity index (χ1v) is 8.13. The van der Waals surface area contributed by atoms with Crippen LogP contribution in [0.3, 0.4) is 0 Å². The first-order valence-electron chi connectivity index (χ1n) is 8.13. The van der Waals surface area contributed by atoms with Crippen molar-refractivity contribution in [3.63, 3.8) is 0 Å². The van der Waals surface area contributed by atoms with Gasteiger partial charge >= 0.3 is 0 Å². The fraction of sp³-hybridized carbons (Fsp3) is 0.250. The summed E-state index contributed by atoms with van der Waals surface area (Å²) in [6.07, 6.45) is 0. The molecule has 5 nitrogen and oxygen atoms in total. The predicted molar refractivity (Wildman–Crippen MR) is 95.5 cm³/mol. The van der Waals surface area contributed by atoms with Crippen molar-refractivity contribution < 1.29 is 14.4 Å². The number of carbonyl (C=O) groups excluding carboxylic acids is 3. The Morgan fingerprint density at radius 1 is 0.920 bits per heavy atom. The largest absolute Gasteiger partial charge is 0.350 e. The summed E-state index contributed by atoms with van der Waals surface area (Å²) in [6.45, 7) is 5.50. The van der Waals surface area contributed by atoms with Gasteiger partial charge in [-0.25, -0.2) is 0 Å². The number of benzene rings is 2. The van der Waals surface area contributed by atoms with Crippen LogP contribution in [0, 0.1) is 0 Å². The van der Waals surface area contributed by atoms with Crippen LogP contribution in [-0.2, 0) is 4.79 Å². The zero-order valence-electron chi connectivity index (χ0n) is 14.5. The van der Waals surface area contributed by atoms with Crippen molar-refractivity contribution in [1.29, 1.82) is 0 Å². The Kier molecular flexibility index (Phi) is 4.17. The van der Waals surface area contributed by atoms with Gasteiger partial charge < -0.3 is 10.6 Å². The molecular formula is C20H20N2O3. The van der Waals surface area contributed by atoms with E-state index in [9.17, 15) is 14.4 Å². The molecule has 5 heteroatoms. The van der Waals surface area contributed by atoms with Gasteiger partial charge in [-0.2, -0.15) is 0 Å². The number of rotatable bonds is 3. The minimum atomic E-state index is -0.379. The van der Waals surface area contributed by atoms with E-state index in [2.05, 4.69) is 10.6 Å². The Hall–Kier alpha value is -2.95. The van der Waals surface area contributed by atoms with Crippen molar-refractivity contribution in [2.45, 2.75) is 26.3 Å². The molecular weight excluding hydrogens is 316 g/mol. The van der Waals surface area contributed by atoms with Crippen molar-refractivity contribution in [3.05, 3.63) is 59.2 Å². The first-order chi connectivity index (χ1) is 11.8. The van der Waals surface area contributed by atoms with Crippen LogP contribution in [0.2, 0.25) is 0 Å². The lowest BCUT2D eigenvalue weighted by atomic mass is 10.0. The van der Waals surface area contributed by atoms with Crippen LogP contribution in [0.4, 0.5) is 0 Å². The highest BCUT2D eigenvalue weighted by Crippen LogP contribution is 2.36. The van der Waals surface area contributed by atoms with E-state index < -0.39 is 0 Å². The van der Waals surface area contributed by atoms with Crippen molar-refractivity contribution >= 4 is 17.6 Å². The highest BCUT2D eigenvalue weighted by molar-refractivity contribution is 6.22. The molecule has 0 atom stereocenters. The van der Waals surface area contributed by atoms with Crippen LogP contribution >= 0.6 is 0 Å². The number of ketones is 1. The van der Waals surface area contributed by atoms with Crippen LogP contribution in [-0.4, -0.2) is 29.7 Å². The second kappa shape index (κ2) is 6.16. The van der Waals surface area contributed by atoms with Crippen LogP contribution < -0.4 is 10.6 Å². The lowest BCUT2D eigenvalue weighted by Crippen LogP contribution is -2.45. The fourth-order valence-corrected chi connectivity index (χ4v) is 2.89. The van der Waals surface area contributed by atoms with Crippen LogP contribution in [0.25, 0.3) is 11.1 Å². The van der Waals surface area contributed by atoms with Gasteiger partial charge in [-0.3, -0.25) is 14.4 Å². The molecule has 25 heavy (non-hydrogen) atoms. The second-order valence-corrected chi connectivity index (χ2v) is 7.12. The van der Waals surface area contributed by atoms with Crippen molar-refractivity contribution in [2.75, 3.05) is 6.54 Å². The molecule has 0 saturated heterocycles. The minimum Gasteiger partial charge on any atom is -0.350 e. The standard InChI is InChI=1S/C20H20N2O3/c1-20(2,3)22-17(23)11-21-19(25)12-8-9-14-13-6-4-5-7-15(13)18(24)16(14)10-12/h4-10H,11H2,1-3H3,(H,21,25)(H,22,23). The summed E-state index contributed by atoms with van der Waals surface area (Å²) in [5.41, 5.74) is 2.91. The monoisotopic (exact) mass is 336 g/mol. The molecule has 0 heterocycles. The molecule has 2 N–H and O–H groups in total. The molecule has 3 rings (SSSR count). The molecule has 0 spiro atoms. The van der Waals surface area contributed by atoms with E-state index in [0.717, 1.165) is 11.1 Å². The normalized spacial score (nSPS) is 12.4. The van der Waals surface area contributed by atoms with E-state index >= 15 is 0 Å². The summed E-state index contributed by atoms with van der Waals surface area (Å²) in [7, 11) is 0. The predicted octanol–water partition coefficient (Wildman–Crippen LogP) is 2.54. The van der Waals surface area contributed by atoms with Crippen molar-refractivity contribution in [3.8, 4) is 11.1 Å². The molecule has 0 bridgehead atoms. The van der Waals surface area contributed by atoms with Crippen molar-refractivity contribution in [1.82, 2.24) is 10.6 Å². The average Bonchev–Trinajstić information content (AvgIpc) is 2.84. The second-order valence-electron chi connectivity index (χ2n) is 7.12. The fourth-order valence-electron chi connectivity index (χ4n) is 2.89. The molecule has 0 saturated carbocycles. The molecule has 0 unspecified atom stereocenters. The van der Waals surface area contributed by atoms with Gasteiger partial charge in [0.25, 0.3) is 5.91 Å². The molecule has 0 aliphatic heterocycles. The molecule has 1 aliphatic carbocycles. The van der Waals surface area contributed by atoms with Crippen LogP contribution in [0.5, 0.6) is 0 Å². The minimum absolute atomic E-state index is 0.0780. The number of amides is 2. The molecule has 128 valence electrons. The van der Waals surface area contributed by atoms with Crippen molar-refractivity contribution in [2.24, 2.45) is 0 Å². The van der Waals surface area contributed by atoms with Gasteiger partial charge in [0, 0.05) is 22.2 Å². The number of carbonyl (C=O) groups is 3. The van der Waals surface area contributed by atoms with Gasteiger partial charge in [0.15, 0.2) is 5.78 Å². The SMILES string of the molecule is CC(C)(C)NC(=O)CNC(=O)c1ccc2c(c1)C(=O)c1ccccc1-2. The highest BCUT2D eigenvalue weighted by Gasteiger charge is 2.27. The number of hydrogen-bond donors (Lipinski definition) is 2. The average molecular weight is 336 g/mol. The Labute approximate surface area is 146 Å². The molecule has 0 aromatic heterocycles. The summed E-state index contributed by atoms with van der Waals surface area (Å²) in [5.74, 6) is -0.716. The van der Waals surface area contributed by atoms with Gasteiger partial charge in [0.05, 0.1) is 6.54 Å². The zero-order chi connectivity index (χ0) is 18.2. The third kappa shape index (κ3) is 3.45. The lowest BCUT2D eigenvalue weighted by Gasteiger charge is -2.20. The van der Waals surface area contributed by atoms with Gasteiger partial charge in [-0.15, -0.1) is 0 Å². The third-order valence-electron chi connectivity index (χ3n) is 3.91. The number of hydrogen-bond acceptors (Lipinski definition) is 3. The van der Waals surface area contributed by atoms with E-state index in [1.807, 2.05) is 39.0 Å². The Balaban J connectivity index is 1.74. The van der Waals surface area contributed by atoms with Gasteiger partial charge in [0.1, 0.15) is 0 Å². The summed E-state index contributed by atoms with van der Waals surface area (Å²) >= 11 is 0. The Morgan fingerprint density at radius 3 is 2.24 bits per heavy atom. The number of nitrogens with one attached hydrogen (secondary N) is 2. The maximum atomic E-state index is 12.5. The smallest absolute Gasteiger partial charge is 0.251 e. The highest BCUT2D eigenvalue weighted by atomic mass is 16.2. The summed E-state index contributed by atoms with van der Waals surface area (Å²) < 4.78 is 0. The zero-order valence-corrected chi connectivity index (χ0v) is 14.5. The van der Waals surface area contributed by atoms with E-state index in [1.54, 1.807) is 24.3 Å². The molecule has 2 aromatic rings.